The molecule has 0 aliphatic rings. The molecule has 14 heavy (non-hydrogen) atoms. The van der Waals surface area contributed by atoms with Crippen LogP contribution in [0.25, 0.3) is 11.0 Å². The number of H-pyrrole nitrogens is 1. The number of aliphatic hydroxyl groups excluding tert-OH is 1. The third kappa shape index (κ3) is 1.64. The molecule has 6 heteroatoms. The minimum atomic E-state index is -0.410. The van der Waals surface area contributed by atoms with Gasteiger partial charge in [-0.15, -0.1) is 0 Å². The summed E-state index contributed by atoms with van der Waals surface area (Å²) >= 11 is 0. The number of anilines is 1. The second-order valence-corrected chi connectivity index (χ2v) is 3.08. The quantitative estimate of drug-likeness (QED) is 0.645. The summed E-state index contributed by atoms with van der Waals surface area (Å²) in [6.07, 6.45) is 2.69. The Bertz CT molecular complexity index is 424. The summed E-state index contributed by atoms with van der Waals surface area (Å²) in [6.45, 7) is 2.16. The first-order valence-electron chi connectivity index (χ1n) is 4.33. The standard InChI is InChI=1S/C8H11N5O/c1-5(14)2-9-7-6-3-12-13-8(6)11-4-10-7/h3-5,14H,2H2,1H3,(H2,9,10,11,12,13)/t5-/m0/s1. The van der Waals surface area contributed by atoms with E-state index in [0.717, 1.165) is 5.39 Å². The predicted molar refractivity (Wildman–Crippen MR) is 51.9 cm³/mol. The van der Waals surface area contributed by atoms with Crippen LogP contribution in [0.4, 0.5) is 5.82 Å². The van der Waals surface area contributed by atoms with E-state index in [1.807, 2.05) is 0 Å². The zero-order valence-corrected chi connectivity index (χ0v) is 7.73. The Balaban J connectivity index is 2.27. The van der Waals surface area contributed by atoms with Crippen LogP contribution in [0, 0.1) is 0 Å². The number of aliphatic hydroxyl groups is 1. The molecule has 0 aliphatic carbocycles. The molecule has 1 atom stereocenters. The number of aromatic nitrogens is 4. The van der Waals surface area contributed by atoms with Crippen molar-refractivity contribution in [1.82, 2.24) is 20.2 Å². The lowest BCUT2D eigenvalue weighted by atomic mass is 10.3. The largest absolute Gasteiger partial charge is 0.392 e. The molecule has 0 aromatic carbocycles. The van der Waals surface area contributed by atoms with Crippen LogP contribution in [-0.2, 0) is 0 Å². The SMILES string of the molecule is C[C@H](O)CNc1ncnc2[nH]ncc12. The fourth-order valence-electron chi connectivity index (χ4n) is 1.15. The average Bonchev–Trinajstić information content (AvgIpc) is 2.62. The molecule has 2 aromatic heterocycles. The molecule has 0 amide bonds. The third-order valence-electron chi connectivity index (χ3n) is 1.81. The van der Waals surface area contributed by atoms with Crippen LogP contribution in [0.15, 0.2) is 12.5 Å². The molecule has 0 radical (unpaired) electrons. The maximum absolute atomic E-state index is 9.11. The van der Waals surface area contributed by atoms with Gasteiger partial charge in [0.15, 0.2) is 5.65 Å². The van der Waals surface area contributed by atoms with Gasteiger partial charge >= 0.3 is 0 Å². The van der Waals surface area contributed by atoms with E-state index >= 15 is 0 Å². The van der Waals surface area contributed by atoms with Gasteiger partial charge < -0.3 is 10.4 Å². The van der Waals surface area contributed by atoms with Crippen LogP contribution < -0.4 is 5.32 Å². The van der Waals surface area contributed by atoms with E-state index in [2.05, 4.69) is 25.5 Å². The monoisotopic (exact) mass is 193 g/mol. The molecule has 0 unspecified atom stereocenters. The molecule has 2 heterocycles. The molecule has 0 saturated carbocycles. The summed E-state index contributed by atoms with van der Waals surface area (Å²) in [5, 5.41) is 19.5. The van der Waals surface area contributed by atoms with Crippen molar-refractivity contribution in [2.24, 2.45) is 0 Å². The summed E-state index contributed by atoms with van der Waals surface area (Å²) in [6, 6.07) is 0. The fourth-order valence-corrected chi connectivity index (χ4v) is 1.15. The van der Waals surface area contributed by atoms with E-state index in [9.17, 15) is 0 Å². The lowest BCUT2D eigenvalue weighted by Gasteiger charge is -2.07. The van der Waals surface area contributed by atoms with Crippen molar-refractivity contribution < 1.29 is 5.11 Å². The summed E-state index contributed by atoms with van der Waals surface area (Å²) in [4.78, 5) is 8.06. The van der Waals surface area contributed by atoms with E-state index in [1.165, 1.54) is 6.33 Å². The van der Waals surface area contributed by atoms with Gasteiger partial charge in [-0.1, -0.05) is 0 Å². The number of nitrogens with one attached hydrogen (secondary N) is 2. The van der Waals surface area contributed by atoms with E-state index < -0.39 is 6.10 Å². The molecule has 2 rings (SSSR count). The Labute approximate surface area is 80.4 Å². The highest BCUT2D eigenvalue weighted by Gasteiger charge is 2.04. The van der Waals surface area contributed by atoms with Gasteiger partial charge in [-0.3, -0.25) is 5.10 Å². The smallest absolute Gasteiger partial charge is 0.160 e. The Hall–Kier alpha value is -1.69. The van der Waals surface area contributed by atoms with E-state index in [1.54, 1.807) is 13.1 Å². The van der Waals surface area contributed by atoms with Crippen molar-refractivity contribution >= 4 is 16.9 Å². The molecule has 3 N–H and O–H groups in total. The highest BCUT2D eigenvalue weighted by atomic mass is 16.3. The Morgan fingerprint density at radius 3 is 3.21 bits per heavy atom. The van der Waals surface area contributed by atoms with Gasteiger partial charge in [-0.05, 0) is 6.92 Å². The Morgan fingerprint density at radius 2 is 2.43 bits per heavy atom. The molecule has 0 aliphatic heterocycles. The Kier molecular flexibility index (Phi) is 2.28. The second-order valence-electron chi connectivity index (χ2n) is 3.08. The van der Waals surface area contributed by atoms with Gasteiger partial charge in [0.2, 0.25) is 0 Å². The molecule has 0 saturated heterocycles. The van der Waals surface area contributed by atoms with Crippen LogP contribution in [-0.4, -0.2) is 37.9 Å². The fraction of sp³-hybridized carbons (Fsp3) is 0.375. The van der Waals surface area contributed by atoms with Crippen molar-refractivity contribution in [3.8, 4) is 0 Å². The highest BCUT2D eigenvalue weighted by Crippen LogP contribution is 2.15. The lowest BCUT2D eigenvalue weighted by Crippen LogP contribution is -2.16. The number of hydrogen-bond donors (Lipinski definition) is 3. The second kappa shape index (κ2) is 3.59. The average molecular weight is 193 g/mol. The van der Waals surface area contributed by atoms with Gasteiger partial charge in [-0.2, -0.15) is 5.10 Å². The minimum absolute atomic E-state index is 0.410. The summed E-state index contributed by atoms with van der Waals surface area (Å²) in [7, 11) is 0. The molecule has 74 valence electrons. The number of nitrogens with zero attached hydrogens (tertiary/aromatic N) is 3. The summed E-state index contributed by atoms with van der Waals surface area (Å²) in [5.41, 5.74) is 0.688. The van der Waals surface area contributed by atoms with Crippen LogP contribution in [0.1, 0.15) is 6.92 Å². The van der Waals surface area contributed by atoms with E-state index in [4.69, 9.17) is 5.11 Å². The van der Waals surface area contributed by atoms with Crippen LogP contribution in [0.5, 0.6) is 0 Å². The van der Waals surface area contributed by atoms with Gasteiger partial charge in [0.1, 0.15) is 12.1 Å². The molecule has 6 nitrogen and oxygen atoms in total. The maximum atomic E-state index is 9.11. The molecule has 2 aromatic rings. The Morgan fingerprint density at radius 1 is 1.57 bits per heavy atom. The first kappa shape index (κ1) is 8.89. The van der Waals surface area contributed by atoms with Crippen molar-refractivity contribution in [3.63, 3.8) is 0 Å². The zero-order chi connectivity index (χ0) is 9.97. The molecular formula is C8H11N5O. The number of rotatable bonds is 3. The van der Waals surface area contributed by atoms with Gasteiger partial charge in [0.25, 0.3) is 0 Å². The molecular weight excluding hydrogens is 182 g/mol. The maximum Gasteiger partial charge on any atom is 0.160 e. The van der Waals surface area contributed by atoms with Gasteiger partial charge in [0, 0.05) is 6.54 Å². The van der Waals surface area contributed by atoms with Gasteiger partial charge in [0.05, 0.1) is 17.7 Å². The lowest BCUT2D eigenvalue weighted by molar-refractivity contribution is 0.208. The highest BCUT2D eigenvalue weighted by molar-refractivity contribution is 5.85. The van der Waals surface area contributed by atoms with Crippen LogP contribution in [0.3, 0.4) is 0 Å². The van der Waals surface area contributed by atoms with Crippen molar-refractivity contribution in [1.29, 1.82) is 0 Å². The summed E-state index contributed by atoms with van der Waals surface area (Å²) < 4.78 is 0. The van der Waals surface area contributed by atoms with Crippen LogP contribution >= 0.6 is 0 Å². The molecule has 0 bridgehead atoms. The van der Waals surface area contributed by atoms with Crippen molar-refractivity contribution in [2.75, 3.05) is 11.9 Å². The third-order valence-corrected chi connectivity index (χ3v) is 1.81. The number of aromatic amines is 1. The zero-order valence-electron chi connectivity index (χ0n) is 7.73. The molecule has 0 fully saturated rings. The van der Waals surface area contributed by atoms with Crippen LogP contribution in [0.2, 0.25) is 0 Å². The first-order chi connectivity index (χ1) is 6.77. The minimum Gasteiger partial charge on any atom is -0.392 e. The topological polar surface area (TPSA) is 86.7 Å². The van der Waals surface area contributed by atoms with E-state index in [0.29, 0.717) is 18.0 Å². The van der Waals surface area contributed by atoms with Crippen molar-refractivity contribution in [2.45, 2.75) is 13.0 Å². The number of fused-ring (bicyclic) bond motifs is 1. The van der Waals surface area contributed by atoms with Gasteiger partial charge in [-0.25, -0.2) is 9.97 Å². The predicted octanol–water partition coefficient (Wildman–Crippen LogP) is 0.146. The van der Waals surface area contributed by atoms with E-state index in [-0.39, 0.29) is 0 Å². The number of hydrogen-bond acceptors (Lipinski definition) is 5. The first-order valence-corrected chi connectivity index (χ1v) is 4.33. The molecule has 0 spiro atoms. The summed E-state index contributed by atoms with van der Waals surface area (Å²) in [5.74, 6) is 0.685. The van der Waals surface area contributed by atoms with Crippen molar-refractivity contribution in [3.05, 3.63) is 12.5 Å². The normalized spacial score (nSPS) is 13.0.